The molecule has 94 valence electrons. The molecule has 2 rings (SSSR count). The van der Waals surface area contributed by atoms with Gasteiger partial charge in [0.05, 0.1) is 13.7 Å². The molecule has 0 atom stereocenters. The molecule has 0 aromatic heterocycles. The van der Waals surface area contributed by atoms with Crippen LogP contribution in [-0.2, 0) is 5.41 Å². The summed E-state index contributed by atoms with van der Waals surface area (Å²) >= 11 is 0. The van der Waals surface area contributed by atoms with Gasteiger partial charge in [0.25, 0.3) is 0 Å². The molecular weight excluding hydrogens is 214 g/mol. The van der Waals surface area contributed by atoms with Crippen LogP contribution in [0.3, 0.4) is 0 Å². The van der Waals surface area contributed by atoms with Gasteiger partial charge in [-0.3, -0.25) is 0 Å². The second-order valence-electron chi connectivity index (χ2n) is 4.94. The number of para-hydroxylation sites is 1. The molecule has 0 bridgehead atoms. The molecule has 0 spiro atoms. The molecule has 3 nitrogen and oxygen atoms in total. The van der Waals surface area contributed by atoms with Crippen LogP contribution in [0.25, 0.3) is 0 Å². The molecule has 1 aliphatic rings. The molecule has 0 aliphatic carbocycles. The Labute approximate surface area is 103 Å². The van der Waals surface area contributed by atoms with Gasteiger partial charge in [-0.15, -0.1) is 0 Å². The molecule has 0 unspecified atom stereocenters. The largest absolute Gasteiger partial charge is 0.496 e. The number of likely N-dealkylation sites (tertiary alicyclic amines) is 1. The first-order valence-electron chi connectivity index (χ1n) is 6.15. The maximum Gasteiger partial charge on any atom is 0.122 e. The van der Waals surface area contributed by atoms with Crippen molar-refractivity contribution in [3.63, 3.8) is 0 Å². The lowest BCUT2D eigenvalue weighted by Crippen LogP contribution is -2.43. The van der Waals surface area contributed by atoms with E-state index in [4.69, 9.17) is 4.74 Å². The van der Waals surface area contributed by atoms with E-state index in [1.807, 2.05) is 18.2 Å². The van der Waals surface area contributed by atoms with Crippen molar-refractivity contribution in [2.75, 3.05) is 33.9 Å². The number of hydrogen-bond donors (Lipinski definition) is 1. The number of aliphatic hydroxyl groups excluding tert-OH is 1. The quantitative estimate of drug-likeness (QED) is 0.864. The van der Waals surface area contributed by atoms with Crippen molar-refractivity contribution in [2.24, 2.45) is 0 Å². The summed E-state index contributed by atoms with van der Waals surface area (Å²) in [6.07, 6.45) is 1.97. The molecule has 1 fully saturated rings. The van der Waals surface area contributed by atoms with E-state index in [-0.39, 0.29) is 12.0 Å². The SMILES string of the molecule is COc1ccccc1C1(CO)CCN(C)CC1. The monoisotopic (exact) mass is 235 g/mol. The maximum absolute atomic E-state index is 9.83. The standard InChI is InChI=1S/C14H21NO2/c1-15-9-7-14(11-16,8-10-15)12-5-3-4-6-13(12)17-2/h3-6,16H,7-11H2,1-2H3. The Morgan fingerprint density at radius 3 is 2.53 bits per heavy atom. The molecule has 0 radical (unpaired) electrons. The highest BCUT2D eigenvalue weighted by Crippen LogP contribution is 2.39. The van der Waals surface area contributed by atoms with E-state index < -0.39 is 0 Å². The predicted molar refractivity (Wildman–Crippen MR) is 68.5 cm³/mol. The number of methoxy groups -OCH3 is 1. The van der Waals surface area contributed by atoms with E-state index in [1.54, 1.807) is 7.11 Å². The molecule has 1 aromatic rings. The van der Waals surface area contributed by atoms with Crippen molar-refractivity contribution in [2.45, 2.75) is 18.3 Å². The summed E-state index contributed by atoms with van der Waals surface area (Å²) in [6.45, 7) is 2.25. The van der Waals surface area contributed by atoms with Gasteiger partial charge < -0.3 is 14.7 Å². The van der Waals surface area contributed by atoms with Gasteiger partial charge in [-0.05, 0) is 39.0 Å². The van der Waals surface area contributed by atoms with Gasteiger partial charge in [0.15, 0.2) is 0 Å². The van der Waals surface area contributed by atoms with Crippen LogP contribution in [-0.4, -0.2) is 43.9 Å². The number of piperidine rings is 1. The third-order valence-electron chi connectivity index (χ3n) is 3.93. The third-order valence-corrected chi connectivity index (χ3v) is 3.93. The summed E-state index contributed by atoms with van der Waals surface area (Å²) in [5.74, 6) is 0.895. The zero-order valence-corrected chi connectivity index (χ0v) is 10.6. The van der Waals surface area contributed by atoms with E-state index in [0.29, 0.717) is 0 Å². The topological polar surface area (TPSA) is 32.7 Å². The Balaban J connectivity index is 2.34. The molecule has 1 aromatic carbocycles. The summed E-state index contributed by atoms with van der Waals surface area (Å²) in [7, 11) is 3.82. The van der Waals surface area contributed by atoms with E-state index in [9.17, 15) is 5.11 Å². The highest BCUT2D eigenvalue weighted by molar-refractivity contribution is 5.40. The summed E-state index contributed by atoms with van der Waals surface area (Å²) < 4.78 is 5.43. The molecule has 1 heterocycles. The molecule has 1 aliphatic heterocycles. The Hall–Kier alpha value is -1.06. The van der Waals surface area contributed by atoms with Crippen molar-refractivity contribution in [1.82, 2.24) is 4.90 Å². The fourth-order valence-corrected chi connectivity index (χ4v) is 2.64. The Morgan fingerprint density at radius 2 is 1.94 bits per heavy atom. The van der Waals surface area contributed by atoms with E-state index in [1.165, 1.54) is 0 Å². The van der Waals surface area contributed by atoms with Crippen LogP contribution in [0.15, 0.2) is 24.3 Å². The first-order chi connectivity index (χ1) is 8.22. The van der Waals surface area contributed by atoms with Crippen LogP contribution < -0.4 is 4.74 Å². The normalized spacial score (nSPS) is 20.2. The predicted octanol–water partition coefficient (Wildman–Crippen LogP) is 1.65. The summed E-state index contributed by atoms with van der Waals surface area (Å²) in [4.78, 5) is 2.31. The van der Waals surface area contributed by atoms with Crippen molar-refractivity contribution in [3.05, 3.63) is 29.8 Å². The molecular formula is C14H21NO2. The fraction of sp³-hybridized carbons (Fsp3) is 0.571. The van der Waals surface area contributed by atoms with E-state index >= 15 is 0 Å². The van der Waals surface area contributed by atoms with Gasteiger partial charge in [-0.2, -0.15) is 0 Å². The number of rotatable bonds is 3. The van der Waals surface area contributed by atoms with Crippen molar-refractivity contribution in [3.8, 4) is 5.75 Å². The second kappa shape index (κ2) is 5.07. The van der Waals surface area contributed by atoms with Crippen LogP contribution in [0.4, 0.5) is 0 Å². The number of nitrogens with zero attached hydrogens (tertiary/aromatic N) is 1. The first-order valence-corrected chi connectivity index (χ1v) is 6.15. The van der Waals surface area contributed by atoms with Gasteiger partial charge in [-0.25, -0.2) is 0 Å². The van der Waals surface area contributed by atoms with Crippen LogP contribution in [0.2, 0.25) is 0 Å². The number of aliphatic hydroxyl groups is 1. The van der Waals surface area contributed by atoms with Crippen molar-refractivity contribution in [1.29, 1.82) is 0 Å². The lowest BCUT2D eigenvalue weighted by atomic mass is 9.73. The van der Waals surface area contributed by atoms with E-state index in [2.05, 4.69) is 18.0 Å². The van der Waals surface area contributed by atoms with Gasteiger partial charge in [0.1, 0.15) is 5.75 Å². The number of hydrogen-bond acceptors (Lipinski definition) is 3. The lowest BCUT2D eigenvalue weighted by Gasteiger charge is -2.40. The Kier molecular flexibility index (Phi) is 3.69. The van der Waals surface area contributed by atoms with Gasteiger partial charge in [0, 0.05) is 11.0 Å². The van der Waals surface area contributed by atoms with Gasteiger partial charge in [-0.1, -0.05) is 18.2 Å². The lowest BCUT2D eigenvalue weighted by molar-refractivity contribution is 0.112. The minimum atomic E-state index is -0.126. The highest BCUT2D eigenvalue weighted by Gasteiger charge is 2.36. The van der Waals surface area contributed by atoms with Crippen LogP contribution >= 0.6 is 0 Å². The summed E-state index contributed by atoms with van der Waals surface area (Å²) in [5, 5.41) is 9.83. The average Bonchev–Trinajstić information content (AvgIpc) is 2.40. The summed E-state index contributed by atoms with van der Waals surface area (Å²) in [5.41, 5.74) is 1.03. The average molecular weight is 235 g/mol. The fourth-order valence-electron chi connectivity index (χ4n) is 2.64. The molecule has 1 saturated heterocycles. The Bertz CT molecular complexity index is 370. The number of benzene rings is 1. The minimum absolute atomic E-state index is 0.126. The van der Waals surface area contributed by atoms with Crippen LogP contribution in [0, 0.1) is 0 Å². The zero-order chi connectivity index (χ0) is 12.3. The van der Waals surface area contributed by atoms with Crippen LogP contribution in [0.5, 0.6) is 5.75 Å². The smallest absolute Gasteiger partial charge is 0.122 e. The highest BCUT2D eigenvalue weighted by atomic mass is 16.5. The zero-order valence-electron chi connectivity index (χ0n) is 10.6. The molecule has 17 heavy (non-hydrogen) atoms. The molecule has 1 N–H and O–H groups in total. The molecule has 0 saturated carbocycles. The van der Waals surface area contributed by atoms with Crippen molar-refractivity contribution < 1.29 is 9.84 Å². The second-order valence-corrected chi connectivity index (χ2v) is 4.94. The van der Waals surface area contributed by atoms with Gasteiger partial charge in [0.2, 0.25) is 0 Å². The van der Waals surface area contributed by atoms with Crippen molar-refractivity contribution >= 4 is 0 Å². The number of ether oxygens (including phenoxy) is 1. The summed E-state index contributed by atoms with van der Waals surface area (Å²) in [6, 6.07) is 8.06. The third kappa shape index (κ3) is 2.31. The maximum atomic E-state index is 9.83. The minimum Gasteiger partial charge on any atom is -0.496 e. The van der Waals surface area contributed by atoms with E-state index in [0.717, 1.165) is 37.2 Å². The Morgan fingerprint density at radius 1 is 1.29 bits per heavy atom. The van der Waals surface area contributed by atoms with Gasteiger partial charge >= 0.3 is 0 Å². The molecule has 3 heteroatoms. The first kappa shape index (κ1) is 12.4. The molecule has 0 amide bonds. The van der Waals surface area contributed by atoms with Crippen LogP contribution in [0.1, 0.15) is 18.4 Å².